The fraction of sp³-hybridized carbons (Fsp3) is 1.00. The molecule has 0 bridgehead atoms. The van der Waals surface area contributed by atoms with Crippen molar-refractivity contribution in [3.05, 3.63) is 0 Å². The van der Waals surface area contributed by atoms with Crippen LogP contribution in [-0.4, -0.2) is 41.1 Å². The molecular weight excluding hydrogens is 308 g/mol. The van der Waals surface area contributed by atoms with Crippen LogP contribution < -0.4 is 0 Å². The van der Waals surface area contributed by atoms with Crippen LogP contribution in [0.25, 0.3) is 0 Å². The van der Waals surface area contributed by atoms with Crippen molar-refractivity contribution < 1.29 is 14.0 Å². The highest BCUT2D eigenvalue weighted by atomic mass is 28.4. The van der Waals surface area contributed by atoms with E-state index in [4.69, 9.17) is 8.85 Å². The Morgan fingerprint density at radius 1 is 0.909 bits per heavy atom. The molecule has 134 valence electrons. The Morgan fingerprint density at radius 2 is 1.41 bits per heavy atom. The topological polar surface area (TPSA) is 38.7 Å². The van der Waals surface area contributed by atoms with Crippen LogP contribution in [0.2, 0.25) is 38.3 Å². The second-order valence-electron chi connectivity index (χ2n) is 7.86. The molecule has 0 saturated carbocycles. The first-order chi connectivity index (χ1) is 10.1. The van der Waals surface area contributed by atoms with Crippen LogP contribution in [0, 0.1) is 0 Å². The third kappa shape index (κ3) is 11.8. The Kier molecular flexibility index (Phi) is 11.1. The number of hydrogen-bond acceptors (Lipinski definition) is 3. The molecule has 5 heteroatoms. The largest absolute Gasteiger partial charge is 0.420 e. The highest BCUT2D eigenvalue weighted by Gasteiger charge is 2.25. The first-order valence-corrected chi connectivity index (χ1v) is 15.3. The van der Waals surface area contributed by atoms with Gasteiger partial charge in [0.15, 0.2) is 16.6 Å². The Bertz CT molecular complexity index is 283. The zero-order valence-corrected chi connectivity index (χ0v) is 18.1. The molecule has 0 aliphatic rings. The van der Waals surface area contributed by atoms with Crippen molar-refractivity contribution in [3.63, 3.8) is 0 Å². The van der Waals surface area contributed by atoms with E-state index in [1.807, 2.05) is 14.0 Å². The zero-order chi connectivity index (χ0) is 17.2. The molecule has 0 spiro atoms. The van der Waals surface area contributed by atoms with Gasteiger partial charge in [0, 0.05) is 13.2 Å². The summed E-state index contributed by atoms with van der Waals surface area (Å²) in [6, 6.07) is 2.50. The van der Waals surface area contributed by atoms with E-state index >= 15 is 0 Å². The molecule has 0 aromatic carbocycles. The summed E-state index contributed by atoms with van der Waals surface area (Å²) in [5.41, 5.74) is 0. The van der Waals surface area contributed by atoms with E-state index in [1.54, 1.807) is 0 Å². The first kappa shape index (κ1) is 22.3. The lowest BCUT2D eigenvalue weighted by Crippen LogP contribution is -2.35. The predicted octanol–water partition coefficient (Wildman–Crippen LogP) is 5.17. The van der Waals surface area contributed by atoms with Gasteiger partial charge in [-0.25, -0.2) is 0 Å². The molecule has 0 heterocycles. The molecule has 2 unspecified atom stereocenters. The van der Waals surface area contributed by atoms with E-state index in [1.165, 1.54) is 37.8 Å². The number of aliphatic hydroxyl groups excluding tert-OH is 1. The quantitative estimate of drug-likeness (QED) is 0.368. The standard InChI is InChI=1S/C17H40O3Si2/c1-8-17(18)15-16(2)20-22(6,7)14-12-10-9-11-13-21(4,5)19-3/h16-18H,8-15H2,1-7H3. The van der Waals surface area contributed by atoms with Crippen molar-refractivity contribution in [1.82, 2.24) is 0 Å². The Balaban J connectivity index is 3.80. The molecule has 0 radical (unpaired) electrons. The molecular formula is C17H40O3Si2. The van der Waals surface area contributed by atoms with Gasteiger partial charge in [-0.15, -0.1) is 0 Å². The maximum absolute atomic E-state index is 9.71. The lowest BCUT2D eigenvalue weighted by atomic mass is 10.1. The summed E-state index contributed by atoms with van der Waals surface area (Å²) in [5.74, 6) is 0. The third-order valence-electron chi connectivity index (χ3n) is 4.46. The molecule has 0 amide bonds. The van der Waals surface area contributed by atoms with Crippen LogP contribution >= 0.6 is 0 Å². The molecule has 0 aromatic rings. The summed E-state index contributed by atoms with van der Waals surface area (Å²) in [6.07, 6.45) is 6.75. The highest BCUT2D eigenvalue weighted by molar-refractivity contribution is 6.71. The van der Waals surface area contributed by atoms with Crippen LogP contribution in [0.4, 0.5) is 0 Å². The minimum absolute atomic E-state index is 0.185. The Labute approximate surface area is 141 Å². The molecule has 0 rings (SSSR count). The molecule has 1 N–H and O–H groups in total. The van der Waals surface area contributed by atoms with Gasteiger partial charge in [0.2, 0.25) is 0 Å². The van der Waals surface area contributed by atoms with Gasteiger partial charge >= 0.3 is 0 Å². The second kappa shape index (κ2) is 11.0. The smallest absolute Gasteiger partial charge is 0.187 e. The lowest BCUT2D eigenvalue weighted by Gasteiger charge is -2.28. The van der Waals surface area contributed by atoms with Gasteiger partial charge in [-0.2, -0.15) is 0 Å². The number of unbranched alkanes of at least 4 members (excludes halogenated alkanes) is 3. The van der Waals surface area contributed by atoms with Crippen LogP contribution in [0.1, 0.15) is 52.4 Å². The average Bonchev–Trinajstić information content (AvgIpc) is 2.41. The molecule has 0 aliphatic heterocycles. The van der Waals surface area contributed by atoms with Gasteiger partial charge in [0.25, 0.3) is 0 Å². The predicted molar refractivity (Wildman–Crippen MR) is 102 cm³/mol. The maximum atomic E-state index is 9.71. The fourth-order valence-electron chi connectivity index (χ4n) is 2.76. The maximum Gasteiger partial charge on any atom is 0.187 e. The van der Waals surface area contributed by atoms with Crippen molar-refractivity contribution in [2.75, 3.05) is 7.11 Å². The Morgan fingerprint density at radius 3 is 1.86 bits per heavy atom. The normalized spacial score (nSPS) is 15.8. The molecule has 0 aliphatic carbocycles. The SMILES string of the molecule is CCC(O)CC(C)O[Si](C)(C)CCCCCC[Si](C)(C)OC. The van der Waals surface area contributed by atoms with E-state index in [0.717, 1.165) is 12.8 Å². The molecule has 22 heavy (non-hydrogen) atoms. The summed E-state index contributed by atoms with van der Waals surface area (Å²) in [5, 5.41) is 9.71. The van der Waals surface area contributed by atoms with Gasteiger partial charge in [-0.3, -0.25) is 0 Å². The first-order valence-electron chi connectivity index (χ1n) is 9.03. The van der Waals surface area contributed by atoms with Crippen molar-refractivity contribution in [1.29, 1.82) is 0 Å². The molecule has 0 saturated heterocycles. The van der Waals surface area contributed by atoms with Crippen LogP contribution in [0.3, 0.4) is 0 Å². The van der Waals surface area contributed by atoms with E-state index in [9.17, 15) is 5.11 Å². The van der Waals surface area contributed by atoms with Crippen molar-refractivity contribution >= 4 is 16.6 Å². The summed E-state index contributed by atoms with van der Waals surface area (Å²) < 4.78 is 11.8. The van der Waals surface area contributed by atoms with E-state index in [2.05, 4.69) is 33.1 Å². The van der Waals surface area contributed by atoms with Crippen molar-refractivity contribution in [3.8, 4) is 0 Å². The summed E-state index contributed by atoms with van der Waals surface area (Å²) >= 11 is 0. The third-order valence-corrected chi connectivity index (χ3v) is 9.72. The monoisotopic (exact) mass is 348 g/mol. The van der Waals surface area contributed by atoms with Gasteiger partial charge in [-0.1, -0.05) is 32.6 Å². The fourth-order valence-corrected chi connectivity index (χ4v) is 6.47. The van der Waals surface area contributed by atoms with Crippen LogP contribution in [0.15, 0.2) is 0 Å². The minimum atomic E-state index is -1.58. The van der Waals surface area contributed by atoms with Gasteiger partial charge in [0.05, 0.1) is 6.10 Å². The summed E-state index contributed by atoms with van der Waals surface area (Å²) in [6.45, 7) is 13.3. The molecule has 0 fully saturated rings. The summed E-state index contributed by atoms with van der Waals surface area (Å²) in [7, 11) is -1.08. The van der Waals surface area contributed by atoms with E-state index < -0.39 is 16.6 Å². The second-order valence-corrected chi connectivity index (χ2v) is 16.5. The van der Waals surface area contributed by atoms with Gasteiger partial charge in [0.1, 0.15) is 0 Å². The number of aliphatic hydroxyl groups is 1. The van der Waals surface area contributed by atoms with Crippen LogP contribution in [0.5, 0.6) is 0 Å². The lowest BCUT2D eigenvalue weighted by molar-refractivity contribution is 0.0961. The molecule has 3 nitrogen and oxygen atoms in total. The zero-order valence-electron chi connectivity index (χ0n) is 16.1. The molecule has 2 atom stereocenters. The highest BCUT2D eigenvalue weighted by Crippen LogP contribution is 2.22. The number of rotatable bonds is 13. The number of hydrogen-bond donors (Lipinski definition) is 1. The van der Waals surface area contributed by atoms with E-state index in [-0.39, 0.29) is 12.2 Å². The Hall–Kier alpha value is 0.314. The minimum Gasteiger partial charge on any atom is -0.420 e. The van der Waals surface area contributed by atoms with Gasteiger partial charge in [-0.05, 0) is 58.0 Å². The molecule has 0 aromatic heterocycles. The van der Waals surface area contributed by atoms with Crippen LogP contribution in [-0.2, 0) is 8.85 Å². The van der Waals surface area contributed by atoms with Crippen molar-refractivity contribution in [2.45, 2.75) is 103 Å². The summed E-state index contributed by atoms with van der Waals surface area (Å²) in [4.78, 5) is 0. The van der Waals surface area contributed by atoms with E-state index in [0.29, 0.717) is 0 Å². The van der Waals surface area contributed by atoms with Gasteiger partial charge < -0.3 is 14.0 Å². The average molecular weight is 349 g/mol. The van der Waals surface area contributed by atoms with Crippen molar-refractivity contribution in [2.24, 2.45) is 0 Å².